The first-order valence-electron chi connectivity index (χ1n) is 8.17. The second kappa shape index (κ2) is 8.22. The molecule has 1 aromatic carbocycles. The Labute approximate surface area is 144 Å². The van der Waals surface area contributed by atoms with E-state index in [-0.39, 0.29) is 12.5 Å². The lowest BCUT2D eigenvalue weighted by Crippen LogP contribution is -2.50. The molecule has 1 heterocycles. The second-order valence-electron chi connectivity index (χ2n) is 5.87. The van der Waals surface area contributed by atoms with E-state index in [0.717, 1.165) is 18.6 Å². The molecular formula is C17H21F3N2O3. The summed E-state index contributed by atoms with van der Waals surface area (Å²) in [5.74, 6) is 0.0836. The van der Waals surface area contributed by atoms with Gasteiger partial charge in [-0.05, 0) is 24.1 Å². The Bertz CT molecular complexity index is 594. The zero-order valence-electron chi connectivity index (χ0n) is 14.0. The summed E-state index contributed by atoms with van der Waals surface area (Å²) in [6.07, 6.45) is -3.63. The van der Waals surface area contributed by atoms with Crippen LogP contribution in [0.3, 0.4) is 0 Å². The highest BCUT2D eigenvalue weighted by Crippen LogP contribution is 2.29. The molecule has 5 nitrogen and oxygen atoms in total. The fourth-order valence-electron chi connectivity index (χ4n) is 2.54. The Morgan fingerprint density at radius 3 is 2.12 bits per heavy atom. The lowest BCUT2D eigenvalue weighted by Gasteiger charge is -2.34. The number of benzene rings is 1. The number of carbonyl (C=O) groups excluding carboxylic acids is 2. The molecule has 1 saturated heterocycles. The SMILES string of the molecule is CCCC(=O)N1CCN(C(=O)OCc2ccc(C(F)(F)F)cc2)CC1. The molecule has 0 N–H and O–H groups in total. The largest absolute Gasteiger partial charge is 0.445 e. The van der Waals surface area contributed by atoms with E-state index in [9.17, 15) is 22.8 Å². The van der Waals surface area contributed by atoms with Crippen molar-refractivity contribution in [3.8, 4) is 0 Å². The van der Waals surface area contributed by atoms with Gasteiger partial charge >= 0.3 is 12.3 Å². The second-order valence-corrected chi connectivity index (χ2v) is 5.87. The van der Waals surface area contributed by atoms with Gasteiger partial charge < -0.3 is 14.5 Å². The van der Waals surface area contributed by atoms with Gasteiger partial charge in [0.25, 0.3) is 0 Å². The highest BCUT2D eigenvalue weighted by Gasteiger charge is 2.30. The Kier molecular flexibility index (Phi) is 6.27. The third-order valence-electron chi connectivity index (χ3n) is 4.00. The van der Waals surface area contributed by atoms with Crippen LogP contribution in [0.5, 0.6) is 0 Å². The molecule has 1 fully saturated rings. The van der Waals surface area contributed by atoms with Crippen LogP contribution < -0.4 is 0 Å². The van der Waals surface area contributed by atoms with Gasteiger partial charge in [-0.25, -0.2) is 4.79 Å². The molecular weight excluding hydrogens is 337 g/mol. The summed E-state index contributed by atoms with van der Waals surface area (Å²) in [7, 11) is 0. The summed E-state index contributed by atoms with van der Waals surface area (Å²) >= 11 is 0. The van der Waals surface area contributed by atoms with Crippen LogP contribution in [0.2, 0.25) is 0 Å². The summed E-state index contributed by atoms with van der Waals surface area (Å²) in [6.45, 7) is 3.56. The van der Waals surface area contributed by atoms with Gasteiger partial charge in [-0.1, -0.05) is 19.1 Å². The minimum Gasteiger partial charge on any atom is -0.445 e. The highest BCUT2D eigenvalue weighted by atomic mass is 19.4. The molecule has 1 aromatic rings. The van der Waals surface area contributed by atoms with Crippen LogP contribution >= 0.6 is 0 Å². The Morgan fingerprint density at radius 1 is 1.04 bits per heavy atom. The molecule has 138 valence electrons. The minimum absolute atomic E-state index is 0.0836. The number of hydrogen-bond acceptors (Lipinski definition) is 3. The van der Waals surface area contributed by atoms with Crippen molar-refractivity contribution in [3.63, 3.8) is 0 Å². The summed E-state index contributed by atoms with van der Waals surface area (Å²) in [6, 6.07) is 4.50. The molecule has 1 aliphatic rings. The van der Waals surface area contributed by atoms with Crippen LogP contribution in [0.25, 0.3) is 0 Å². The molecule has 2 amide bonds. The summed E-state index contributed by atoms with van der Waals surface area (Å²) < 4.78 is 42.6. The van der Waals surface area contributed by atoms with E-state index in [1.54, 1.807) is 4.90 Å². The molecule has 0 saturated carbocycles. The van der Waals surface area contributed by atoms with E-state index >= 15 is 0 Å². The van der Waals surface area contributed by atoms with Crippen molar-refractivity contribution in [1.29, 1.82) is 0 Å². The van der Waals surface area contributed by atoms with Crippen molar-refractivity contribution >= 4 is 12.0 Å². The molecule has 0 aromatic heterocycles. The van der Waals surface area contributed by atoms with Gasteiger partial charge in [0.2, 0.25) is 5.91 Å². The maximum Gasteiger partial charge on any atom is 0.416 e. The number of rotatable bonds is 4. The van der Waals surface area contributed by atoms with Crippen LogP contribution in [0.15, 0.2) is 24.3 Å². The average molecular weight is 358 g/mol. The molecule has 0 unspecified atom stereocenters. The fraction of sp³-hybridized carbons (Fsp3) is 0.529. The minimum atomic E-state index is -4.38. The lowest BCUT2D eigenvalue weighted by molar-refractivity contribution is -0.137. The maximum atomic E-state index is 12.5. The number of hydrogen-bond donors (Lipinski definition) is 0. The first-order chi connectivity index (χ1) is 11.8. The van der Waals surface area contributed by atoms with Crippen LogP contribution in [0.4, 0.5) is 18.0 Å². The molecule has 0 radical (unpaired) electrons. The van der Waals surface area contributed by atoms with E-state index in [1.165, 1.54) is 17.0 Å². The third-order valence-corrected chi connectivity index (χ3v) is 4.00. The Balaban J connectivity index is 1.78. The molecule has 25 heavy (non-hydrogen) atoms. The van der Waals surface area contributed by atoms with Gasteiger partial charge in [-0.3, -0.25) is 4.79 Å². The van der Waals surface area contributed by atoms with Crippen LogP contribution in [-0.2, 0) is 22.3 Å². The monoisotopic (exact) mass is 358 g/mol. The highest BCUT2D eigenvalue weighted by molar-refractivity contribution is 5.76. The maximum absolute atomic E-state index is 12.5. The zero-order valence-corrected chi connectivity index (χ0v) is 14.0. The number of nitrogens with zero attached hydrogens (tertiary/aromatic N) is 2. The first kappa shape index (κ1) is 19.1. The van der Waals surface area contributed by atoms with E-state index < -0.39 is 17.8 Å². The van der Waals surface area contributed by atoms with Crippen molar-refractivity contribution in [2.24, 2.45) is 0 Å². The van der Waals surface area contributed by atoms with Crippen molar-refractivity contribution in [2.45, 2.75) is 32.5 Å². The average Bonchev–Trinajstić information content (AvgIpc) is 2.59. The standard InChI is InChI=1S/C17H21F3N2O3/c1-2-3-15(23)21-8-10-22(11-9-21)16(24)25-12-13-4-6-14(7-5-13)17(18,19)20/h4-7H,2-3,8-12H2,1H3. The normalized spacial score (nSPS) is 15.2. The van der Waals surface area contributed by atoms with E-state index in [2.05, 4.69) is 0 Å². The predicted octanol–water partition coefficient (Wildman–Crippen LogP) is 3.29. The van der Waals surface area contributed by atoms with E-state index in [1.807, 2.05) is 6.92 Å². The number of piperazine rings is 1. The smallest absolute Gasteiger partial charge is 0.416 e. The van der Waals surface area contributed by atoms with E-state index in [4.69, 9.17) is 4.74 Å². The number of carbonyl (C=O) groups is 2. The molecule has 2 rings (SSSR count). The van der Waals surface area contributed by atoms with Gasteiger partial charge in [0.15, 0.2) is 0 Å². The van der Waals surface area contributed by atoms with Gasteiger partial charge in [-0.2, -0.15) is 13.2 Å². The lowest BCUT2D eigenvalue weighted by atomic mass is 10.1. The van der Waals surface area contributed by atoms with Crippen molar-refractivity contribution in [3.05, 3.63) is 35.4 Å². The van der Waals surface area contributed by atoms with Gasteiger partial charge in [0.1, 0.15) is 6.61 Å². The van der Waals surface area contributed by atoms with Crippen LogP contribution in [-0.4, -0.2) is 48.0 Å². The van der Waals surface area contributed by atoms with Gasteiger partial charge in [0, 0.05) is 32.6 Å². The number of amides is 2. The van der Waals surface area contributed by atoms with Crippen molar-refractivity contribution < 1.29 is 27.5 Å². The van der Waals surface area contributed by atoms with Gasteiger partial charge in [0.05, 0.1) is 5.56 Å². The van der Waals surface area contributed by atoms with Crippen LogP contribution in [0, 0.1) is 0 Å². The summed E-state index contributed by atoms with van der Waals surface area (Å²) in [4.78, 5) is 27.0. The summed E-state index contributed by atoms with van der Waals surface area (Å²) in [5, 5.41) is 0. The zero-order chi connectivity index (χ0) is 18.4. The predicted molar refractivity (Wildman–Crippen MR) is 84.7 cm³/mol. The first-order valence-corrected chi connectivity index (χ1v) is 8.17. The quantitative estimate of drug-likeness (QED) is 0.830. The van der Waals surface area contributed by atoms with E-state index in [0.29, 0.717) is 38.2 Å². The number of alkyl halides is 3. The molecule has 0 aliphatic carbocycles. The third kappa shape index (κ3) is 5.37. The molecule has 0 atom stereocenters. The molecule has 8 heteroatoms. The topological polar surface area (TPSA) is 49.9 Å². The summed E-state index contributed by atoms with van der Waals surface area (Å²) in [5.41, 5.74) is -0.256. The van der Waals surface area contributed by atoms with Crippen molar-refractivity contribution in [1.82, 2.24) is 9.80 Å². The Hall–Kier alpha value is -2.25. The molecule has 0 spiro atoms. The molecule has 1 aliphatic heterocycles. The number of ether oxygens (including phenoxy) is 1. The number of halogens is 3. The van der Waals surface area contributed by atoms with Gasteiger partial charge in [-0.15, -0.1) is 0 Å². The fourth-order valence-corrected chi connectivity index (χ4v) is 2.54. The Morgan fingerprint density at radius 2 is 1.60 bits per heavy atom. The van der Waals surface area contributed by atoms with Crippen molar-refractivity contribution in [2.75, 3.05) is 26.2 Å². The van der Waals surface area contributed by atoms with Crippen LogP contribution in [0.1, 0.15) is 30.9 Å². The molecule has 0 bridgehead atoms.